The van der Waals surface area contributed by atoms with E-state index >= 15 is 0 Å². The summed E-state index contributed by atoms with van der Waals surface area (Å²) >= 11 is 0. The highest BCUT2D eigenvalue weighted by molar-refractivity contribution is 5.92. The van der Waals surface area contributed by atoms with E-state index in [0.29, 0.717) is 11.1 Å². The quantitative estimate of drug-likeness (QED) is 0.629. The van der Waals surface area contributed by atoms with Crippen LogP contribution in [0.2, 0.25) is 0 Å². The predicted octanol–water partition coefficient (Wildman–Crippen LogP) is 3.46. The van der Waals surface area contributed by atoms with Gasteiger partial charge in [0.05, 0.1) is 11.1 Å². The molecular formula is C14H12Cl2O4. The molecule has 0 saturated carbocycles. The van der Waals surface area contributed by atoms with Crippen molar-refractivity contribution in [2.24, 2.45) is 0 Å². The summed E-state index contributed by atoms with van der Waals surface area (Å²) in [6.07, 6.45) is 0. The van der Waals surface area contributed by atoms with Crippen LogP contribution < -0.4 is 0 Å². The fraction of sp³-hybridized carbons (Fsp3) is 0. The average Bonchev–Trinajstić information content (AvgIpc) is 2.46. The summed E-state index contributed by atoms with van der Waals surface area (Å²) in [5, 5.41) is 0. The van der Waals surface area contributed by atoms with Gasteiger partial charge in [-0.1, -0.05) is 36.4 Å². The van der Waals surface area contributed by atoms with Crippen molar-refractivity contribution in [1.29, 1.82) is 0 Å². The first kappa shape index (κ1) is 18.0. The summed E-state index contributed by atoms with van der Waals surface area (Å²) in [6, 6.07) is 16.6. The molecule has 0 aliphatic carbocycles. The smallest absolute Gasteiger partial charge is 0.242 e. The van der Waals surface area contributed by atoms with Crippen LogP contribution in [0.15, 0.2) is 60.7 Å². The lowest BCUT2D eigenvalue weighted by molar-refractivity contribution is -0.187. The molecule has 2 aromatic rings. The third kappa shape index (κ3) is 4.91. The minimum atomic E-state index is -0.708. The summed E-state index contributed by atoms with van der Waals surface area (Å²) in [5.41, 5.74) is 0.636. The summed E-state index contributed by atoms with van der Waals surface area (Å²) in [7, 11) is 0. The normalized spacial score (nSPS) is 8.60. The molecule has 106 valence electrons. The molecule has 4 nitrogen and oxygen atoms in total. The highest BCUT2D eigenvalue weighted by atomic mass is 35.5. The van der Waals surface area contributed by atoms with E-state index in [0.717, 1.165) is 0 Å². The van der Waals surface area contributed by atoms with E-state index in [2.05, 4.69) is 9.78 Å². The van der Waals surface area contributed by atoms with Crippen LogP contribution in [0.25, 0.3) is 0 Å². The number of benzene rings is 2. The molecule has 0 atom stereocenters. The van der Waals surface area contributed by atoms with Gasteiger partial charge in [-0.25, -0.2) is 19.4 Å². The number of carbonyl (C=O) groups excluding carboxylic acids is 2. The van der Waals surface area contributed by atoms with E-state index in [4.69, 9.17) is 0 Å². The lowest BCUT2D eigenvalue weighted by atomic mass is 10.2. The molecule has 0 aromatic heterocycles. The molecule has 2 aromatic carbocycles. The Labute approximate surface area is 128 Å². The maximum Gasteiger partial charge on any atom is 0.386 e. The van der Waals surface area contributed by atoms with Gasteiger partial charge < -0.3 is 0 Å². The molecule has 2 rings (SSSR count). The second-order valence-corrected chi connectivity index (χ2v) is 3.47. The highest BCUT2D eigenvalue weighted by Crippen LogP contribution is 2.05. The maximum atomic E-state index is 11.5. The van der Waals surface area contributed by atoms with Gasteiger partial charge in [0.2, 0.25) is 0 Å². The van der Waals surface area contributed by atoms with E-state index < -0.39 is 11.9 Å². The number of rotatable bonds is 2. The van der Waals surface area contributed by atoms with Crippen molar-refractivity contribution in [3.8, 4) is 0 Å². The van der Waals surface area contributed by atoms with Crippen LogP contribution in [0.5, 0.6) is 0 Å². The fourth-order valence-electron chi connectivity index (χ4n) is 1.32. The van der Waals surface area contributed by atoms with Crippen molar-refractivity contribution in [3.63, 3.8) is 0 Å². The summed E-state index contributed by atoms with van der Waals surface area (Å²) in [4.78, 5) is 31.9. The van der Waals surface area contributed by atoms with Crippen molar-refractivity contribution >= 4 is 36.8 Å². The number of halogens is 2. The van der Waals surface area contributed by atoms with E-state index in [1.165, 1.54) is 0 Å². The predicted molar refractivity (Wildman–Crippen MR) is 78.2 cm³/mol. The van der Waals surface area contributed by atoms with E-state index in [1.807, 2.05) is 0 Å². The molecule has 0 unspecified atom stereocenters. The van der Waals surface area contributed by atoms with Crippen molar-refractivity contribution in [1.82, 2.24) is 0 Å². The average molecular weight is 315 g/mol. The van der Waals surface area contributed by atoms with Gasteiger partial charge in [0.15, 0.2) is 0 Å². The van der Waals surface area contributed by atoms with Crippen LogP contribution in [0.4, 0.5) is 0 Å². The summed E-state index contributed by atoms with van der Waals surface area (Å²) < 4.78 is 0. The minimum absolute atomic E-state index is 0. The SMILES string of the molecule is Cl.Cl.O=C(OOC(=O)c1ccccc1)c1ccccc1. The third-order valence-corrected chi connectivity index (χ3v) is 2.21. The monoisotopic (exact) mass is 314 g/mol. The lowest BCUT2D eigenvalue weighted by Gasteiger charge is -2.02. The second-order valence-electron chi connectivity index (χ2n) is 3.47. The van der Waals surface area contributed by atoms with Crippen LogP contribution in [0.3, 0.4) is 0 Å². The lowest BCUT2D eigenvalue weighted by Crippen LogP contribution is -2.11. The zero-order valence-corrected chi connectivity index (χ0v) is 11.9. The first-order valence-electron chi connectivity index (χ1n) is 5.30. The highest BCUT2D eigenvalue weighted by Gasteiger charge is 2.12. The molecule has 0 heterocycles. The second kappa shape index (κ2) is 8.96. The number of hydrogen-bond acceptors (Lipinski definition) is 4. The molecule has 0 saturated heterocycles. The van der Waals surface area contributed by atoms with Crippen LogP contribution >= 0.6 is 24.8 Å². The molecule has 0 spiro atoms. The fourth-order valence-corrected chi connectivity index (χ4v) is 1.32. The Morgan fingerprint density at radius 2 is 0.900 bits per heavy atom. The maximum absolute atomic E-state index is 11.5. The van der Waals surface area contributed by atoms with E-state index in [9.17, 15) is 9.59 Å². The van der Waals surface area contributed by atoms with Crippen molar-refractivity contribution in [2.45, 2.75) is 0 Å². The zero-order chi connectivity index (χ0) is 12.8. The molecule has 0 radical (unpaired) electrons. The molecule has 0 N–H and O–H groups in total. The van der Waals surface area contributed by atoms with Gasteiger partial charge in [0.25, 0.3) is 0 Å². The van der Waals surface area contributed by atoms with Gasteiger partial charge in [-0.15, -0.1) is 24.8 Å². The topological polar surface area (TPSA) is 52.6 Å². The molecule has 0 bridgehead atoms. The molecule has 0 aliphatic rings. The Morgan fingerprint density at radius 1 is 0.600 bits per heavy atom. The van der Waals surface area contributed by atoms with Crippen LogP contribution in [-0.2, 0) is 9.78 Å². The Bertz CT molecular complexity index is 492. The molecule has 0 amide bonds. The molecular weight excluding hydrogens is 303 g/mol. The van der Waals surface area contributed by atoms with Crippen molar-refractivity contribution in [3.05, 3.63) is 71.8 Å². The van der Waals surface area contributed by atoms with Crippen LogP contribution in [-0.4, -0.2) is 11.9 Å². The molecule has 0 fully saturated rings. The minimum Gasteiger partial charge on any atom is -0.242 e. The summed E-state index contributed by atoms with van der Waals surface area (Å²) in [5.74, 6) is -1.42. The van der Waals surface area contributed by atoms with Gasteiger partial charge in [0, 0.05) is 0 Å². The molecule has 20 heavy (non-hydrogen) atoms. The zero-order valence-electron chi connectivity index (χ0n) is 10.2. The van der Waals surface area contributed by atoms with Gasteiger partial charge in [-0.3, -0.25) is 0 Å². The van der Waals surface area contributed by atoms with Gasteiger partial charge in [-0.2, -0.15) is 0 Å². The molecule has 6 heteroatoms. The standard InChI is InChI=1S/C14H10O4.2ClH/c15-13(11-7-3-1-4-8-11)17-18-14(16)12-9-5-2-6-10-12;;/h1-10H;2*1H. The summed E-state index contributed by atoms with van der Waals surface area (Å²) in [6.45, 7) is 0. The van der Waals surface area contributed by atoms with Crippen molar-refractivity contribution in [2.75, 3.05) is 0 Å². The number of hydrogen-bond donors (Lipinski definition) is 0. The Morgan fingerprint density at radius 3 is 1.20 bits per heavy atom. The van der Waals surface area contributed by atoms with Crippen molar-refractivity contribution < 1.29 is 19.4 Å². The van der Waals surface area contributed by atoms with Gasteiger partial charge >= 0.3 is 11.9 Å². The largest absolute Gasteiger partial charge is 0.386 e. The first-order chi connectivity index (χ1) is 8.77. The van der Waals surface area contributed by atoms with E-state index in [1.54, 1.807) is 60.7 Å². The van der Waals surface area contributed by atoms with Gasteiger partial charge in [-0.05, 0) is 24.3 Å². The van der Waals surface area contributed by atoms with E-state index in [-0.39, 0.29) is 24.8 Å². The Hall–Kier alpha value is -2.04. The number of carbonyl (C=O) groups is 2. The third-order valence-electron chi connectivity index (χ3n) is 2.21. The Balaban J connectivity index is 0.00000180. The van der Waals surface area contributed by atoms with Crippen LogP contribution in [0.1, 0.15) is 20.7 Å². The first-order valence-corrected chi connectivity index (χ1v) is 5.30. The Kier molecular flexibility index (Phi) is 8.04. The van der Waals surface area contributed by atoms with Crippen LogP contribution in [0, 0.1) is 0 Å². The van der Waals surface area contributed by atoms with Gasteiger partial charge in [0.1, 0.15) is 0 Å². The molecule has 0 aliphatic heterocycles.